The van der Waals surface area contributed by atoms with E-state index >= 15 is 0 Å². The molecule has 0 amide bonds. The summed E-state index contributed by atoms with van der Waals surface area (Å²) in [6.07, 6.45) is 4.60. The van der Waals surface area contributed by atoms with Crippen molar-refractivity contribution in [2.45, 2.75) is 72.6 Å². The van der Waals surface area contributed by atoms with Gasteiger partial charge >= 0.3 is 5.97 Å². The number of carboxylic acids is 1. The molecule has 1 atom stereocenters. The standard InChI is InChI=1S/C37H44N4O5/c1-6-44-35-31(36(42)43)20-38-41(35)33-12-8-11-32(39-33)30-10-7-9-24(2)34(30)45-23-28-14-13-27-22-40(17-15-29(27)25(28)3)21-26-16-18-46-37(4,5)19-26/h7-14,20,26H,6,15-19,21-23H2,1-5H3,(H,42,43). The summed E-state index contributed by atoms with van der Waals surface area (Å²) in [5.74, 6) is 0.964. The molecule has 2 aromatic carbocycles. The van der Waals surface area contributed by atoms with E-state index in [1.165, 1.54) is 33.1 Å². The van der Waals surface area contributed by atoms with E-state index in [2.05, 4.69) is 42.9 Å². The summed E-state index contributed by atoms with van der Waals surface area (Å²) in [7, 11) is 0. The molecule has 0 spiro atoms. The number of hydrogen-bond acceptors (Lipinski definition) is 7. The normalized spacial score (nSPS) is 17.8. The lowest BCUT2D eigenvalue weighted by molar-refractivity contribution is -0.0773. The Hall–Kier alpha value is -4.21. The van der Waals surface area contributed by atoms with Gasteiger partial charge in [0.2, 0.25) is 5.88 Å². The van der Waals surface area contributed by atoms with Crippen LogP contribution in [0.5, 0.6) is 11.6 Å². The van der Waals surface area contributed by atoms with Crippen molar-refractivity contribution in [3.63, 3.8) is 0 Å². The van der Waals surface area contributed by atoms with Crippen molar-refractivity contribution >= 4 is 5.97 Å². The van der Waals surface area contributed by atoms with E-state index in [1.807, 2.05) is 37.3 Å². The molecule has 9 nitrogen and oxygen atoms in total. The lowest BCUT2D eigenvalue weighted by atomic mass is 9.86. The predicted molar refractivity (Wildman–Crippen MR) is 177 cm³/mol. The average Bonchev–Trinajstić information content (AvgIpc) is 3.45. The summed E-state index contributed by atoms with van der Waals surface area (Å²) in [6, 6.07) is 16.1. The van der Waals surface area contributed by atoms with Gasteiger partial charge < -0.3 is 19.3 Å². The van der Waals surface area contributed by atoms with Gasteiger partial charge in [-0.1, -0.05) is 30.3 Å². The number of aromatic nitrogens is 3. The minimum absolute atomic E-state index is 0.00914. The van der Waals surface area contributed by atoms with Gasteiger partial charge in [0, 0.05) is 31.8 Å². The molecule has 242 valence electrons. The maximum atomic E-state index is 11.7. The molecule has 46 heavy (non-hydrogen) atoms. The third-order valence-corrected chi connectivity index (χ3v) is 9.24. The minimum Gasteiger partial charge on any atom is -0.488 e. The van der Waals surface area contributed by atoms with Crippen LogP contribution < -0.4 is 9.47 Å². The Morgan fingerprint density at radius 1 is 1.11 bits per heavy atom. The molecule has 6 rings (SSSR count). The van der Waals surface area contributed by atoms with Gasteiger partial charge in [-0.05, 0) is 106 Å². The molecule has 0 bridgehead atoms. The molecule has 1 fully saturated rings. The Balaban J connectivity index is 1.20. The minimum atomic E-state index is -1.10. The van der Waals surface area contributed by atoms with E-state index in [4.69, 9.17) is 19.2 Å². The van der Waals surface area contributed by atoms with E-state index in [-0.39, 0.29) is 17.0 Å². The van der Waals surface area contributed by atoms with E-state index in [0.717, 1.165) is 62.4 Å². The number of aromatic carboxylic acids is 1. The number of pyridine rings is 1. The Morgan fingerprint density at radius 2 is 1.93 bits per heavy atom. The lowest BCUT2D eigenvalue weighted by Gasteiger charge is -2.39. The highest BCUT2D eigenvalue weighted by atomic mass is 16.5. The fourth-order valence-electron chi connectivity index (χ4n) is 6.95. The van der Waals surface area contributed by atoms with Crippen molar-refractivity contribution in [3.05, 3.63) is 88.1 Å². The molecule has 9 heteroatoms. The lowest BCUT2D eigenvalue weighted by Crippen LogP contribution is -2.41. The molecule has 1 saturated heterocycles. The van der Waals surface area contributed by atoms with E-state index in [1.54, 1.807) is 13.0 Å². The molecular weight excluding hydrogens is 580 g/mol. The zero-order valence-corrected chi connectivity index (χ0v) is 27.5. The maximum Gasteiger partial charge on any atom is 0.342 e. The number of hydrogen-bond donors (Lipinski definition) is 1. The summed E-state index contributed by atoms with van der Waals surface area (Å²) in [5.41, 5.74) is 7.91. The number of fused-ring (bicyclic) bond motifs is 1. The highest BCUT2D eigenvalue weighted by molar-refractivity contribution is 5.90. The number of aryl methyl sites for hydroxylation is 1. The van der Waals surface area contributed by atoms with Crippen LogP contribution in [0.3, 0.4) is 0 Å². The molecule has 2 aliphatic rings. The first-order chi connectivity index (χ1) is 22.1. The number of para-hydroxylation sites is 1. The SMILES string of the molecule is CCOc1c(C(=O)O)cnn1-c1cccc(-c2cccc(C)c2OCc2ccc3c(c2C)CCN(CC2CCOC(C)(C)C2)C3)n1. The fraction of sp³-hybridized carbons (Fsp3) is 0.432. The maximum absolute atomic E-state index is 11.7. The van der Waals surface area contributed by atoms with Crippen LogP contribution in [0.4, 0.5) is 0 Å². The largest absolute Gasteiger partial charge is 0.488 e. The van der Waals surface area contributed by atoms with E-state index < -0.39 is 5.97 Å². The van der Waals surface area contributed by atoms with E-state index in [9.17, 15) is 9.90 Å². The Kier molecular flexibility index (Phi) is 9.15. The first-order valence-electron chi connectivity index (χ1n) is 16.2. The number of ether oxygens (including phenoxy) is 3. The quantitative estimate of drug-likeness (QED) is 0.206. The molecule has 4 heterocycles. The van der Waals surface area contributed by atoms with Crippen LogP contribution in [0.15, 0.2) is 54.7 Å². The van der Waals surface area contributed by atoms with Crippen molar-refractivity contribution in [2.24, 2.45) is 5.92 Å². The highest BCUT2D eigenvalue weighted by Gasteiger charge is 2.31. The Morgan fingerprint density at radius 3 is 2.72 bits per heavy atom. The van der Waals surface area contributed by atoms with Crippen molar-refractivity contribution in [2.75, 3.05) is 26.3 Å². The Labute approximate surface area is 271 Å². The third-order valence-electron chi connectivity index (χ3n) is 9.24. The molecule has 4 aromatic rings. The molecule has 0 aliphatic carbocycles. The van der Waals surface area contributed by atoms with Gasteiger partial charge in [-0.2, -0.15) is 9.78 Å². The monoisotopic (exact) mass is 624 g/mol. The first-order valence-corrected chi connectivity index (χ1v) is 16.2. The zero-order chi connectivity index (χ0) is 32.4. The summed E-state index contributed by atoms with van der Waals surface area (Å²) in [6.45, 7) is 15.3. The number of carbonyl (C=O) groups is 1. The van der Waals surface area contributed by atoms with Gasteiger partial charge in [0.15, 0.2) is 5.82 Å². The first kappa shape index (κ1) is 31.8. The average molecular weight is 625 g/mol. The molecular formula is C37H44N4O5. The van der Waals surface area contributed by atoms with Gasteiger partial charge in [-0.25, -0.2) is 9.78 Å². The molecule has 1 N–H and O–H groups in total. The van der Waals surface area contributed by atoms with Gasteiger partial charge in [-0.3, -0.25) is 4.90 Å². The van der Waals surface area contributed by atoms with Crippen LogP contribution in [-0.2, 0) is 24.3 Å². The molecule has 1 unspecified atom stereocenters. The van der Waals surface area contributed by atoms with Crippen LogP contribution in [0, 0.1) is 19.8 Å². The van der Waals surface area contributed by atoms with Crippen molar-refractivity contribution in [1.82, 2.24) is 19.7 Å². The third kappa shape index (κ3) is 6.66. The van der Waals surface area contributed by atoms with Crippen molar-refractivity contribution in [3.8, 4) is 28.7 Å². The van der Waals surface area contributed by atoms with Crippen molar-refractivity contribution < 1.29 is 24.1 Å². The predicted octanol–water partition coefficient (Wildman–Crippen LogP) is 6.79. The highest BCUT2D eigenvalue weighted by Crippen LogP contribution is 2.35. The zero-order valence-electron chi connectivity index (χ0n) is 27.5. The number of benzene rings is 2. The van der Waals surface area contributed by atoms with Crippen LogP contribution >= 0.6 is 0 Å². The molecule has 0 radical (unpaired) electrons. The summed E-state index contributed by atoms with van der Waals surface area (Å²) >= 11 is 0. The summed E-state index contributed by atoms with van der Waals surface area (Å²) in [4.78, 5) is 19.2. The van der Waals surface area contributed by atoms with Crippen LogP contribution in [0.25, 0.3) is 17.1 Å². The van der Waals surface area contributed by atoms with Crippen LogP contribution in [0.2, 0.25) is 0 Å². The molecule has 2 aliphatic heterocycles. The van der Waals surface area contributed by atoms with E-state index in [0.29, 0.717) is 30.6 Å². The number of carboxylic acid groups (broad SMARTS) is 1. The van der Waals surface area contributed by atoms with Gasteiger partial charge in [-0.15, -0.1) is 0 Å². The molecule has 0 saturated carbocycles. The second-order valence-electron chi connectivity index (χ2n) is 13.1. The van der Waals surface area contributed by atoms with Gasteiger partial charge in [0.1, 0.15) is 17.9 Å². The van der Waals surface area contributed by atoms with Gasteiger partial charge in [0.05, 0.1) is 24.1 Å². The number of rotatable bonds is 10. The Bertz CT molecular complexity index is 1730. The van der Waals surface area contributed by atoms with Crippen molar-refractivity contribution in [1.29, 1.82) is 0 Å². The van der Waals surface area contributed by atoms with Gasteiger partial charge in [0.25, 0.3) is 0 Å². The number of nitrogens with zero attached hydrogens (tertiary/aromatic N) is 4. The topological polar surface area (TPSA) is 98.9 Å². The second kappa shape index (κ2) is 13.3. The summed E-state index contributed by atoms with van der Waals surface area (Å²) < 4.78 is 19.6. The smallest absolute Gasteiger partial charge is 0.342 e. The summed E-state index contributed by atoms with van der Waals surface area (Å²) in [5, 5.41) is 13.9. The van der Waals surface area contributed by atoms with Crippen LogP contribution in [-0.4, -0.2) is 62.6 Å². The fourth-order valence-corrected chi connectivity index (χ4v) is 6.95. The second-order valence-corrected chi connectivity index (χ2v) is 13.1. The molecule has 2 aromatic heterocycles. The van der Waals surface area contributed by atoms with Crippen LogP contribution in [0.1, 0.15) is 71.8 Å².